The highest BCUT2D eigenvalue weighted by molar-refractivity contribution is 6.30. The van der Waals surface area contributed by atoms with E-state index in [0.717, 1.165) is 24.1 Å². The lowest BCUT2D eigenvalue weighted by molar-refractivity contribution is 0.527. The van der Waals surface area contributed by atoms with Crippen molar-refractivity contribution in [1.82, 2.24) is 10.3 Å². The van der Waals surface area contributed by atoms with Gasteiger partial charge in [0.05, 0.1) is 5.02 Å². The van der Waals surface area contributed by atoms with Crippen LogP contribution in [-0.4, -0.2) is 11.5 Å². The van der Waals surface area contributed by atoms with Crippen LogP contribution < -0.4 is 11.1 Å². The summed E-state index contributed by atoms with van der Waals surface area (Å²) in [6.07, 6.45) is 5.12. The van der Waals surface area contributed by atoms with Gasteiger partial charge in [0, 0.05) is 24.1 Å². The van der Waals surface area contributed by atoms with Crippen molar-refractivity contribution >= 4 is 17.3 Å². The smallest absolute Gasteiger partial charge is 0.141 e. The van der Waals surface area contributed by atoms with Gasteiger partial charge in [0.1, 0.15) is 5.82 Å². The second-order valence-electron chi connectivity index (χ2n) is 4.96. The number of nitrogen functional groups attached to an aromatic ring is 1. The molecule has 0 aliphatic carbocycles. The summed E-state index contributed by atoms with van der Waals surface area (Å²) in [6, 6.07) is 6.61. The summed E-state index contributed by atoms with van der Waals surface area (Å²) in [7, 11) is 0. The number of halogens is 2. The second kappa shape index (κ2) is 7.38. The Kier molecular flexibility index (Phi) is 5.53. The molecule has 1 atom stereocenters. The number of anilines is 1. The van der Waals surface area contributed by atoms with E-state index in [-0.39, 0.29) is 11.1 Å². The minimum Gasteiger partial charge on any atom is -0.398 e. The third-order valence-electron chi connectivity index (χ3n) is 3.35. The van der Waals surface area contributed by atoms with Crippen molar-refractivity contribution in [1.29, 1.82) is 0 Å². The van der Waals surface area contributed by atoms with Crippen molar-refractivity contribution in [3.8, 4) is 0 Å². The zero-order valence-electron chi connectivity index (χ0n) is 11.9. The van der Waals surface area contributed by atoms with Crippen molar-refractivity contribution in [3.05, 3.63) is 58.6 Å². The standard InChI is InChI=1S/C16H19ClFN3/c1-2-6-21-16(9-12-10-20-7-5-15(12)19)11-3-4-14(18)13(17)8-11/h3-5,7-8,10,16,21H,2,6,9H2,1H3,(H2,19,20). The summed E-state index contributed by atoms with van der Waals surface area (Å²) in [5, 5.41) is 3.58. The van der Waals surface area contributed by atoms with Crippen molar-refractivity contribution in [3.63, 3.8) is 0 Å². The Morgan fingerprint density at radius 3 is 2.86 bits per heavy atom. The maximum Gasteiger partial charge on any atom is 0.141 e. The van der Waals surface area contributed by atoms with Gasteiger partial charge in [-0.15, -0.1) is 0 Å². The number of hydrogen-bond acceptors (Lipinski definition) is 3. The first-order chi connectivity index (χ1) is 10.1. The maximum atomic E-state index is 13.3. The Labute approximate surface area is 129 Å². The summed E-state index contributed by atoms with van der Waals surface area (Å²) >= 11 is 5.89. The summed E-state index contributed by atoms with van der Waals surface area (Å²) in [4.78, 5) is 4.11. The molecular weight excluding hydrogens is 289 g/mol. The monoisotopic (exact) mass is 307 g/mol. The van der Waals surface area contributed by atoms with Gasteiger partial charge in [0.2, 0.25) is 0 Å². The Hall–Kier alpha value is -1.65. The molecular formula is C16H19ClFN3. The van der Waals surface area contributed by atoms with Crippen LogP contribution in [0, 0.1) is 5.82 Å². The summed E-state index contributed by atoms with van der Waals surface area (Å²) < 4.78 is 13.3. The van der Waals surface area contributed by atoms with Crippen LogP contribution >= 0.6 is 11.6 Å². The number of rotatable bonds is 6. The van der Waals surface area contributed by atoms with Crippen molar-refractivity contribution in [2.75, 3.05) is 12.3 Å². The topological polar surface area (TPSA) is 50.9 Å². The van der Waals surface area contributed by atoms with Crippen LogP contribution in [0.1, 0.15) is 30.5 Å². The lowest BCUT2D eigenvalue weighted by Crippen LogP contribution is -2.24. The Bertz CT molecular complexity index is 604. The van der Waals surface area contributed by atoms with Crippen LogP contribution in [-0.2, 0) is 6.42 Å². The molecule has 0 fully saturated rings. The van der Waals surface area contributed by atoms with Crippen LogP contribution in [0.5, 0.6) is 0 Å². The van der Waals surface area contributed by atoms with Gasteiger partial charge in [-0.25, -0.2) is 4.39 Å². The van der Waals surface area contributed by atoms with E-state index in [9.17, 15) is 4.39 Å². The Balaban J connectivity index is 2.25. The molecule has 1 aromatic carbocycles. The number of nitrogens with one attached hydrogen (secondary N) is 1. The molecule has 3 N–H and O–H groups in total. The second-order valence-corrected chi connectivity index (χ2v) is 5.37. The highest BCUT2D eigenvalue weighted by Crippen LogP contribution is 2.25. The molecule has 2 aromatic rings. The van der Waals surface area contributed by atoms with E-state index < -0.39 is 5.82 Å². The van der Waals surface area contributed by atoms with Crippen LogP contribution in [0.2, 0.25) is 5.02 Å². The van der Waals surface area contributed by atoms with E-state index in [2.05, 4.69) is 17.2 Å². The Morgan fingerprint density at radius 1 is 1.38 bits per heavy atom. The minimum absolute atomic E-state index is 0.0227. The van der Waals surface area contributed by atoms with E-state index in [1.807, 2.05) is 0 Å². The molecule has 0 spiro atoms. The van der Waals surface area contributed by atoms with E-state index in [0.29, 0.717) is 12.1 Å². The van der Waals surface area contributed by atoms with Crippen molar-refractivity contribution in [2.24, 2.45) is 0 Å². The zero-order chi connectivity index (χ0) is 15.2. The van der Waals surface area contributed by atoms with Crippen molar-refractivity contribution < 1.29 is 4.39 Å². The number of hydrogen-bond donors (Lipinski definition) is 2. The predicted octanol–water partition coefficient (Wildman–Crippen LogP) is 3.74. The first-order valence-electron chi connectivity index (χ1n) is 6.98. The molecule has 21 heavy (non-hydrogen) atoms. The maximum absolute atomic E-state index is 13.3. The van der Waals surface area contributed by atoms with Gasteiger partial charge in [-0.1, -0.05) is 24.6 Å². The van der Waals surface area contributed by atoms with E-state index >= 15 is 0 Å². The molecule has 1 aromatic heterocycles. The predicted molar refractivity (Wildman–Crippen MR) is 84.8 cm³/mol. The molecule has 0 amide bonds. The van der Waals surface area contributed by atoms with Gasteiger partial charge >= 0.3 is 0 Å². The van der Waals surface area contributed by atoms with Crippen molar-refractivity contribution in [2.45, 2.75) is 25.8 Å². The van der Waals surface area contributed by atoms with Gasteiger partial charge in [0.25, 0.3) is 0 Å². The lowest BCUT2D eigenvalue weighted by atomic mass is 9.98. The first kappa shape index (κ1) is 15.7. The van der Waals surface area contributed by atoms with Gasteiger partial charge < -0.3 is 11.1 Å². The highest BCUT2D eigenvalue weighted by Gasteiger charge is 2.15. The average molecular weight is 308 g/mol. The van der Waals surface area contributed by atoms with Crippen LogP contribution in [0.4, 0.5) is 10.1 Å². The fourth-order valence-corrected chi connectivity index (χ4v) is 2.37. The summed E-state index contributed by atoms with van der Waals surface area (Å²) in [6.45, 7) is 2.96. The Morgan fingerprint density at radius 2 is 2.19 bits per heavy atom. The molecule has 2 rings (SSSR count). The molecule has 3 nitrogen and oxygen atoms in total. The summed E-state index contributed by atoms with van der Waals surface area (Å²) in [5.74, 6) is -0.407. The fourth-order valence-electron chi connectivity index (χ4n) is 2.18. The van der Waals surface area contributed by atoms with Crippen LogP contribution in [0.25, 0.3) is 0 Å². The van der Waals surface area contributed by atoms with E-state index in [4.69, 9.17) is 17.3 Å². The molecule has 0 saturated carbocycles. The first-order valence-corrected chi connectivity index (χ1v) is 7.36. The van der Waals surface area contributed by atoms with Gasteiger partial charge in [-0.05, 0) is 48.7 Å². The molecule has 0 aliphatic heterocycles. The van der Waals surface area contributed by atoms with E-state index in [1.54, 1.807) is 30.6 Å². The summed E-state index contributed by atoms with van der Waals surface area (Å²) in [5.41, 5.74) is 8.59. The van der Waals surface area contributed by atoms with Crippen LogP contribution in [0.15, 0.2) is 36.7 Å². The largest absolute Gasteiger partial charge is 0.398 e. The molecule has 1 unspecified atom stereocenters. The molecule has 5 heteroatoms. The van der Waals surface area contributed by atoms with Gasteiger partial charge in [-0.2, -0.15) is 0 Å². The quantitative estimate of drug-likeness (QED) is 0.854. The third kappa shape index (κ3) is 4.16. The minimum atomic E-state index is -0.407. The lowest BCUT2D eigenvalue weighted by Gasteiger charge is -2.20. The third-order valence-corrected chi connectivity index (χ3v) is 3.64. The molecule has 0 bridgehead atoms. The fraction of sp³-hybridized carbons (Fsp3) is 0.312. The van der Waals surface area contributed by atoms with Crippen LogP contribution in [0.3, 0.4) is 0 Å². The van der Waals surface area contributed by atoms with Gasteiger partial charge in [0.15, 0.2) is 0 Å². The molecule has 0 saturated heterocycles. The molecule has 112 valence electrons. The van der Waals surface area contributed by atoms with E-state index in [1.165, 1.54) is 6.07 Å². The number of aromatic nitrogens is 1. The molecule has 0 radical (unpaired) electrons. The highest BCUT2D eigenvalue weighted by atomic mass is 35.5. The average Bonchev–Trinajstić information content (AvgIpc) is 2.48. The zero-order valence-corrected chi connectivity index (χ0v) is 12.7. The SMILES string of the molecule is CCCNC(Cc1cnccc1N)c1ccc(F)c(Cl)c1. The number of nitrogens with zero attached hydrogens (tertiary/aromatic N) is 1. The number of benzene rings is 1. The number of pyridine rings is 1. The normalized spacial score (nSPS) is 12.3. The van der Waals surface area contributed by atoms with Gasteiger partial charge in [-0.3, -0.25) is 4.98 Å². The number of nitrogens with two attached hydrogens (primary N) is 1. The molecule has 0 aliphatic rings. The molecule has 1 heterocycles.